The summed E-state index contributed by atoms with van der Waals surface area (Å²) in [6.07, 6.45) is 3.05. The minimum absolute atomic E-state index is 0.102. The van der Waals surface area contributed by atoms with Crippen LogP contribution in [-0.2, 0) is 0 Å². The topological polar surface area (TPSA) is 101 Å². The molecule has 2 aromatic rings. The standard InChI is InChI=1S/C7H6N6S2/c8-5(9)4-6(11-2-1-10-4)15-7-13-12-3-14-7/h1-3H,(H3,8,9). The maximum Gasteiger partial charge on any atom is 0.180 e. The summed E-state index contributed by atoms with van der Waals surface area (Å²) >= 11 is 2.70. The number of rotatable bonds is 3. The molecule has 0 unspecified atom stereocenters. The molecule has 0 spiro atoms. The Kier molecular flexibility index (Phi) is 2.88. The zero-order valence-electron chi connectivity index (χ0n) is 7.41. The van der Waals surface area contributed by atoms with Crippen LogP contribution in [-0.4, -0.2) is 26.0 Å². The first kappa shape index (κ1) is 9.99. The molecule has 0 bridgehead atoms. The number of hydrogen-bond donors (Lipinski definition) is 2. The Morgan fingerprint density at radius 1 is 1.40 bits per heavy atom. The average molecular weight is 238 g/mol. The maximum absolute atomic E-state index is 7.33. The summed E-state index contributed by atoms with van der Waals surface area (Å²) in [5.74, 6) is -0.102. The molecule has 0 aliphatic carbocycles. The summed E-state index contributed by atoms with van der Waals surface area (Å²) in [7, 11) is 0. The van der Waals surface area contributed by atoms with Gasteiger partial charge in [0.05, 0.1) is 0 Å². The lowest BCUT2D eigenvalue weighted by Gasteiger charge is -2.01. The molecule has 0 amide bonds. The highest BCUT2D eigenvalue weighted by molar-refractivity contribution is 8.01. The predicted octanol–water partition coefficient (Wildman–Crippen LogP) is 0.763. The van der Waals surface area contributed by atoms with Crippen LogP contribution in [0.15, 0.2) is 27.3 Å². The molecule has 6 nitrogen and oxygen atoms in total. The Labute approximate surface area is 93.5 Å². The first-order chi connectivity index (χ1) is 7.27. The van der Waals surface area contributed by atoms with Crippen LogP contribution in [0, 0.1) is 5.41 Å². The van der Waals surface area contributed by atoms with E-state index in [0.29, 0.717) is 10.7 Å². The smallest absolute Gasteiger partial charge is 0.180 e. The van der Waals surface area contributed by atoms with E-state index in [9.17, 15) is 0 Å². The first-order valence-electron chi connectivity index (χ1n) is 3.87. The minimum Gasteiger partial charge on any atom is -0.382 e. The van der Waals surface area contributed by atoms with Gasteiger partial charge >= 0.3 is 0 Å². The number of nitrogen functional groups attached to an aromatic ring is 1. The molecule has 8 heteroatoms. The Hall–Kier alpha value is -1.54. The van der Waals surface area contributed by atoms with Crippen LogP contribution in [0.1, 0.15) is 5.69 Å². The van der Waals surface area contributed by atoms with Crippen molar-refractivity contribution in [2.45, 2.75) is 9.37 Å². The van der Waals surface area contributed by atoms with E-state index in [0.717, 1.165) is 4.34 Å². The molecule has 0 radical (unpaired) electrons. The summed E-state index contributed by atoms with van der Waals surface area (Å²) in [5, 5.41) is 15.5. The van der Waals surface area contributed by atoms with E-state index in [-0.39, 0.29) is 5.84 Å². The van der Waals surface area contributed by atoms with Crippen molar-refractivity contribution in [2.24, 2.45) is 5.73 Å². The van der Waals surface area contributed by atoms with Gasteiger partial charge in [-0.1, -0.05) is 11.3 Å². The van der Waals surface area contributed by atoms with Crippen molar-refractivity contribution >= 4 is 28.9 Å². The van der Waals surface area contributed by atoms with Crippen molar-refractivity contribution in [3.8, 4) is 0 Å². The molecule has 2 heterocycles. The van der Waals surface area contributed by atoms with Gasteiger partial charge < -0.3 is 5.73 Å². The van der Waals surface area contributed by atoms with Crippen molar-refractivity contribution < 1.29 is 0 Å². The van der Waals surface area contributed by atoms with Gasteiger partial charge in [0.15, 0.2) is 4.34 Å². The van der Waals surface area contributed by atoms with E-state index in [4.69, 9.17) is 11.1 Å². The molecule has 0 saturated carbocycles. The van der Waals surface area contributed by atoms with Gasteiger partial charge in [-0.3, -0.25) is 5.41 Å². The molecule has 76 valence electrons. The zero-order valence-corrected chi connectivity index (χ0v) is 9.05. The van der Waals surface area contributed by atoms with Crippen molar-refractivity contribution in [2.75, 3.05) is 0 Å². The van der Waals surface area contributed by atoms with Crippen LogP contribution in [0.5, 0.6) is 0 Å². The van der Waals surface area contributed by atoms with Gasteiger partial charge in [-0.25, -0.2) is 9.97 Å². The van der Waals surface area contributed by atoms with Crippen molar-refractivity contribution in [3.05, 3.63) is 23.6 Å². The SMILES string of the molecule is N=C(N)c1nccnc1Sc1nncs1. The molecule has 0 aliphatic rings. The molecule has 0 saturated heterocycles. The average Bonchev–Trinajstić information content (AvgIpc) is 2.71. The summed E-state index contributed by atoms with van der Waals surface area (Å²) < 4.78 is 0.748. The lowest BCUT2D eigenvalue weighted by Crippen LogP contribution is -2.14. The summed E-state index contributed by atoms with van der Waals surface area (Å²) in [6, 6.07) is 0. The highest BCUT2D eigenvalue weighted by Gasteiger charge is 2.10. The predicted molar refractivity (Wildman–Crippen MR) is 57.1 cm³/mol. The largest absolute Gasteiger partial charge is 0.382 e. The van der Waals surface area contributed by atoms with E-state index in [1.54, 1.807) is 11.7 Å². The third kappa shape index (κ3) is 2.28. The van der Waals surface area contributed by atoms with Gasteiger partial charge in [-0.05, 0) is 11.8 Å². The fourth-order valence-electron chi connectivity index (χ4n) is 0.875. The van der Waals surface area contributed by atoms with Crippen LogP contribution in [0.4, 0.5) is 0 Å². The van der Waals surface area contributed by atoms with E-state index in [1.807, 2.05) is 0 Å². The van der Waals surface area contributed by atoms with E-state index in [2.05, 4.69) is 20.2 Å². The molecule has 0 aliphatic heterocycles. The monoisotopic (exact) mass is 238 g/mol. The van der Waals surface area contributed by atoms with Gasteiger partial charge in [0.2, 0.25) is 0 Å². The van der Waals surface area contributed by atoms with E-state index < -0.39 is 0 Å². The van der Waals surface area contributed by atoms with Gasteiger partial charge in [-0.15, -0.1) is 10.2 Å². The van der Waals surface area contributed by atoms with Crippen LogP contribution >= 0.6 is 23.1 Å². The second-order valence-electron chi connectivity index (χ2n) is 2.43. The molecule has 0 atom stereocenters. The fourth-order valence-corrected chi connectivity index (χ4v) is 2.34. The number of hydrogen-bond acceptors (Lipinski definition) is 7. The second-order valence-corrected chi connectivity index (χ2v) is 4.50. The number of amidine groups is 1. The van der Waals surface area contributed by atoms with Crippen molar-refractivity contribution in [3.63, 3.8) is 0 Å². The van der Waals surface area contributed by atoms with Crippen LogP contribution in [0.2, 0.25) is 0 Å². The van der Waals surface area contributed by atoms with Crippen molar-refractivity contribution in [1.29, 1.82) is 5.41 Å². The van der Waals surface area contributed by atoms with Crippen molar-refractivity contribution in [1.82, 2.24) is 20.2 Å². The molecule has 0 fully saturated rings. The highest BCUT2D eigenvalue weighted by Crippen LogP contribution is 2.28. The van der Waals surface area contributed by atoms with Gasteiger partial charge in [0.1, 0.15) is 22.1 Å². The zero-order chi connectivity index (χ0) is 10.7. The number of nitrogens with zero attached hydrogens (tertiary/aromatic N) is 4. The molecule has 2 rings (SSSR count). The maximum atomic E-state index is 7.33. The van der Waals surface area contributed by atoms with Crippen LogP contribution in [0.3, 0.4) is 0 Å². The Morgan fingerprint density at radius 2 is 2.20 bits per heavy atom. The summed E-state index contributed by atoms with van der Waals surface area (Å²) in [6.45, 7) is 0. The van der Waals surface area contributed by atoms with Gasteiger partial charge in [-0.2, -0.15) is 0 Å². The van der Waals surface area contributed by atoms with E-state index >= 15 is 0 Å². The lowest BCUT2D eigenvalue weighted by molar-refractivity contribution is 0.992. The number of nitrogens with two attached hydrogens (primary N) is 1. The second kappa shape index (κ2) is 4.32. The molecule has 0 aromatic carbocycles. The molecule has 2 aromatic heterocycles. The first-order valence-corrected chi connectivity index (χ1v) is 5.56. The Bertz CT molecular complexity index is 468. The third-order valence-corrected chi connectivity index (χ3v) is 3.21. The molecule has 15 heavy (non-hydrogen) atoms. The number of aromatic nitrogens is 4. The van der Waals surface area contributed by atoms with Crippen LogP contribution < -0.4 is 5.73 Å². The fraction of sp³-hybridized carbons (Fsp3) is 0. The lowest BCUT2D eigenvalue weighted by atomic mass is 10.4. The van der Waals surface area contributed by atoms with Gasteiger partial charge in [0.25, 0.3) is 0 Å². The summed E-state index contributed by atoms with van der Waals surface area (Å²) in [4.78, 5) is 8.08. The summed E-state index contributed by atoms with van der Waals surface area (Å²) in [5.41, 5.74) is 7.38. The Balaban J connectivity index is 2.32. The molecule has 3 N–H and O–H groups in total. The normalized spacial score (nSPS) is 10.1. The highest BCUT2D eigenvalue weighted by atomic mass is 32.2. The van der Waals surface area contributed by atoms with E-state index in [1.165, 1.54) is 29.3 Å². The molecular formula is C7H6N6S2. The quantitative estimate of drug-likeness (QED) is 0.604. The number of nitrogens with one attached hydrogen (secondary N) is 1. The van der Waals surface area contributed by atoms with Crippen LogP contribution in [0.25, 0.3) is 0 Å². The minimum atomic E-state index is -0.102. The Morgan fingerprint density at radius 3 is 2.87 bits per heavy atom. The third-order valence-electron chi connectivity index (χ3n) is 1.44. The van der Waals surface area contributed by atoms with Gasteiger partial charge in [0, 0.05) is 12.4 Å². The molecular weight excluding hydrogens is 232 g/mol.